The lowest BCUT2D eigenvalue weighted by Gasteiger charge is -2.29. The predicted molar refractivity (Wildman–Crippen MR) is 144 cm³/mol. The summed E-state index contributed by atoms with van der Waals surface area (Å²) >= 11 is 0. The molecule has 0 radical (unpaired) electrons. The minimum absolute atomic E-state index is 0.0852. The van der Waals surface area contributed by atoms with Crippen molar-refractivity contribution in [1.29, 1.82) is 0 Å². The van der Waals surface area contributed by atoms with E-state index in [1.54, 1.807) is 25.1 Å². The van der Waals surface area contributed by atoms with Gasteiger partial charge in [0.25, 0.3) is 5.91 Å². The third-order valence-electron chi connectivity index (χ3n) is 7.00. The molecule has 1 aliphatic rings. The zero-order valence-electron chi connectivity index (χ0n) is 21.2. The van der Waals surface area contributed by atoms with E-state index in [4.69, 9.17) is 13.9 Å². The minimum Gasteiger partial charge on any atom is -0.484 e. The molecule has 190 valence electrons. The van der Waals surface area contributed by atoms with E-state index in [9.17, 15) is 9.59 Å². The van der Waals surface area contributed by atoms with Crippen molar-refractivity contribution in [2.75, 3.05) is 6.61 Å². The highest BCUT2D eigenvalue weighted by atomic mass is 16.5. The third kappa shape index (κ3) is 5.69. The molecule has 1 saturated carbocycles. The van der Waals surface area contributed by atoms with E-state index in [0.29, 0.717) is 34.1 Å². The van der Waals surface area contributed by atoms with Crippen molar-refractivity contribution < 1.29 is 18.7 Å². The van der Waals surface area contributed by atoms with Gasteiger partial charge in [0.2, 0.25) is 11.2 Å². The number of ether oxygens (including phenoxy) is 2. The molecule has 0 saturated heterocycles. The number of rotatable bonds is 7. The monoisotopic (exact) mass is 497 g/mol. The van der Waals surface area contributed by atoms with Crippen molar-refractivity contribution in [3.8, 4) is 28.4 Å². The topological polar surface area (TPSA) is 77.8 Å². The Hall–Kier alpha value is -4.06. The van der Waals surface area contributed by atoms with Gasteiger partial charge >= 0.3 is 0 Å². The van der Waals surface area contributed by atoms with Gasteiger partial charge in [-0.2, -0.15) is 0 Å². The first-order chi connectivity index (χ1) is 18.0. The molecule has 0 spiro atoms. The van der Waals surface area contributed by atoms with Gasteiger partial charge in [-0.25, -0.2) is 0 Å². The molecule has 1 amide bonds. The largest absolute Gasteiger partial charge is 0.484 e. The van der Waals surface area contributed by atoms with E-state index in [-0.39, 0.29) is 29.7 Å². The van der Waals surface area contributed by atoms with Gasteiger partial charge in [0.1, 0.15) is 22.8 Å². The highest BCUT2D eigenvalue weighted by molar-refractivity contribution is 5.80. The molecule has 1 aliphatic carbocycles. The summed E-state index contributed by atoms with van der Waals surface area (Å²) in [4.78, 5) is 25.6. The van der Waals surface area contributed by atoms with Crippen LogP contribution in [-0.2, 0) is 4.79 Å². The number of carbonyl (C=O) groups is 1. The first-order valence-corrected chi connectivity index (χ1v) is 12.8. The summed E-state index contributed by atoms with van der Waals surface area (Å²) in [7, 11) is 0. The molecule has 3 aromatic carbocycles. The fraction of sp³-hybridized carbons (Fsp3) is 0.290. The summed E-state index contributed by atoms with van der Waals surface area (Å²) in [5.41, 5.74) is 2.29. The molecular weight excluding hydrogens is 466 g/mol. The van der Waals surface area contributed by atoms with Gasteiger partial charge < -0.3 is 19.2 Å². The minimum atomic E-state index is -0.263. The third-order valence-corrected chi connectivity index (χ3v) is 7.00. The normalized spacial score (nSPS) is 17.4. The Morgan fingerprint density at radius 3 is 2.41 bits per heavy atom. The summed E-state index contributed by atoms with van der Waals surface area (Å²) in [6.45, 7) is 3.79. The maximum Gasteiger partial charge on any atom is 0.258 e. The zero-order chi connectivity index (χ0) is 25.8. The van der Waals surface area contributed by atoms with Crippen LogP contribution in [0.2, 0.25) is 0 Å². The second kappa shape index (κ2) is 10.9. The molecule has 0 bridgehead atoms. The van der Waals surface area contributed by atoms with Gasteiger partial charge in [0, 0.05) is 12.1 Å². The molecule has 6 heteroatoms. The molecule has 1 N–H and O–H groups in total. The van der Waals surface area contributed by atoms with Crippen LogP contribution < -0.4 is 20.2 Å². The number of fused-ring (bicyclic) bond motifs is 1. The lowest BCUT2D eigenvalue weighted by molar-refractivity contribution is -0.124. The van der Waals surface area contributed by atoms with Gasteiger partial charge in [-0.3, -0.25) is 9.59 Å². The van der Waals surface area contributed by atoms with Crippen LogP contribution in [0.5, 0.6) is 17.2 Å². The maximum absolute atomic E-state index is 13.2. The van der Waals surface area contributed by atoms with E-state index >= 15 is 0 Å². The Labute approximate surface area is 216 Å². The number of amides is 1. The molecule has 5 rings (SSSR count). The van der Waals surface area contributed by atoms with Crippen LogP contribution >= 0.6 is 0 Å². The van der Waals surface area contributed by atoms with E-state index < -0.39 is 0 Å². The van der Waals surface area contributed by atoms with Gasteiger partial charge in [0.05, 0.1) is 5.39 Å². The van der Waals surface area contributed by atoms with Gasteiger partial charge in [-0.1, -0.05) is 62.2 Å². The Morgan fingerprint density at radius 2 is 1.65 bits per heavy atom. The van der Waals surface area contributed by atoms with E-state index in [2.05, 4.69) is 12.2 Å². The summed E-state index contributed by atoms with van der Waals surface area (Å²) in [5.74, 6) is 1.87. The Balaban J connectivity index is 1.27. The molecule has 0 aliphatic heterocycles. The average Bonchev–Trinajstić information content (AvgIpc) is 2.92. The number of hydrogen-bond donors (Lipinski definition) is 1. The van der Waals surface area contributed by atoms with E-state index in [0.717, 1.165) is 30.4 Å². The van der Waals surface area contributed by atoms with Gasteiger partial charge in [-0.05, 0) is 61.1 Å². The Kier molecular flexibility index (Phi) is 7.26. The number of carbonyl (C=O) groups excluding carboxylic acids is 1. The number of hydrogen-bond acceptors (Lipinski definition) is 5. The highest BCUT2D eigenvalue weighted by Gasteiger charge is 2.23. The van der Waals surface area contributed by atoms with Crippen LogP contribution in [0.4, 0.5) is 0 Å². The molecular formula is C31H31NO5. The number of aryl methyl sites for hydroxylation is 1. The number of nitrogens with one attached hydrogen (secondary N) is 1. The smallest absolute Gasteiger partial charge is 0.258 e. The standard InChI is InChI=1S/C31H31NO5/c1-20-8-6-7-11-27(20)32-29(33)19-35-25-16-17-26-28(18-25)36-21(2)31(30(26)34)37-24-14-12-23(13-15-24)22-9-4-3-5-10-22/h3-5,9-10,12-18,20,27H,6-8,11,19H2,1-2H3,(H,32,33)/t20-,27-/m1/s1. The molecule has 2 atom stereocenters. The second-order valence-electron chi connectivity index (χ2n) is 9.69. The van der Waals surface area contributed by atoms with Gasteiger partial charge in [-0.15, -0.1) is 0 Å². The SMILES string of the molecule is Cc1oc2cc(OCC(=O)N[C@@H]3CCCC[C@H]3C)ccc2c(=O)c1Oc1ccc(-c2ccccc2)cc1. The molecule has 1 fully saturated rings. The van der Waals surface area contributed by atoms with E-state index in [1.165, 1.54) is 6.42 Å². The molecule has 1 aromatic heterocycles. The predicted octanol–water partition coefficient (Wildman–Crippen LogP) is 6.63. The van der Waals surface area contributed by atoms with Crippen molar-refractivity contribution in [3.63, 3.8) is 0 Å². The summed E-state index contributed by atoms with van der Waals surface area (Å²) < 4.78 is 17.6. The molecule has 0 unspecified atom stereocenters. The van der Waals surface area contributed by atoms with Crippen LogP contribution in [0, 0.1) is 12.8 Å². The summed E-state index contributed by atoms with van der Waals surface area (Å²) in [6, 6.07) is 22.8. The second-order valence-corrected chi connectivity index (χ2v) is 9.69. The van der Waals surface area contributed by atoms with Crippen molar-refractivity contribution in [2.24, 2.45) is 5.92 Å². The van der Waals surface area contributed by atoms with Crippen molar-refractivity contribution in [2.45, 2.75) is 45.6 Å². The molecule has 1 heterocycles. The quantitative estimate of drug-likeness (QED) is 0.310. The fourth-order valence-corrected chi connectivity index (χ4v) is 4.87. The van der Waals surface area contributed by atoms with Crippen molar-refractivity contribution in [3.05, 3.63) is 88.8 Å². The van der Waals surface area contributed by atoms with Crippen LogP contribution in [0.1, 0.15) is 38.4 Å². The van der Waals surface area contributed by atoms with E-state index in [1.807, 2.05) is 54.6 Å². The number of benzene rings is 3. The van der Waals surface area contributed by atoms with Crippen molar-refractivity contribution in [1.82, 2.24) is 5.32 Å². The molecule has 37 heavy (non-hydrogen) atoms. The fourth-order valence-electron chi connectivity index (χ4n) is 4.87. The lowest BCUT2D eigenvalue weighted by Crippen LogP contribution is -2.43. The summed E-state index contributed by atoms with van der Waals surface area (Å²) in [5, 5.41) is 3.47. The Bertz CT molecular complexity index is 1440. The summed E-state index contributed by atoms with van der Waals surface area (Å²) in [6.07, 6.45) is 4.51. The Morgan fingerprint density at radius 1 is 0.946 bits per heavy atom. The van der Waals surface area contributed by atoms with Gasteiger partial charge in [0.15, 0.2) is 6.61 Å². The average molecular weight is 498 g/mol. The van der Waals surface area contributed by atoms with Crippen LogP contribution in [-0.4, -0.2) is 18.6 Å². The van der Waals surface area contributed by atoms with Crippen LogP contribution in [0.3, 0.4) is 0 Å². The maximum atomic E-state index is 13.2. The van der Waals surface area contributed by atoms with Crippen LogP contribution in [0.25, 0.3) is 22.1 Å². The van der Waals surface area contributed by atoms with Crippen molar-refractivity contribution >= 4 is 16.9 Å². The highest BCUT2D eigenvalue weighted by Crippen LogP contribution is 2.29. The first kappa shape index (κ1) is 24.6. The molecule has 4 aromatic rings. The van der Waals surface area contributed by atoms with Crippen LogP contribution in [0.15, 0.2) is 82.0 Å². The lowest BCUT2D eigenvalue weighted by atomic mass is 9.86. The molecule has 6 nitrogen and oxygen atoms in total. The zero-order valence-corrected chi connectivity index (χ0v) is 21.2. The first-order valence-electron chi connectivity index (χ1n) is 12.8.